The molecule has 0 heterocycles. The number of fused-ring (bicyclic) bond motifs is 1. The van der Waals surface area contributed by atoms with E-state index < -0.39 is 5.97 Å². The number of phenolic OH excluding ortho intramolecular Hbond substituents is 1. The number of phenols is 1. The number of unbranched alkanes of at least 4 members (excludes halogenated alkanes) is 1. The second-order valence-electron chi connectivity index (χ2n) is 9.59. The fourth-order valence-corrected chi connectivity index (χ4v) is 3.98. The van der Waals surface area contributed by atoms with Crippen LogP contribution in [0.5, 0.6) is 11.5 Å². The normalized spacial score (nSPS) is 10.9. The van der Waals surface area contributed by atoms with Gasteiger partial charge in [-0.1, -0.05) is 56.7 Å². The molecule has 7 nitrogen and oxygen atoms in total. The number of carbonyl (C=O) groups is 2. The van der Waals surface area contributed by atoms with E-state index in [0.717, 1.165) is 25.0 Å². The van der Waals surface area contributed by atoms with Crippen LogP contribution in [0.25, 0.3) is 10.8 Å². The summed E-state index contributed by atoms with van der Waals surface area (Å²) >= 11 is 0. The fraction of sp³-hybridized carbons (Fsp3) is 0.333. The highest BCUT2D eigenvalue weighted by Gasteiger charge is 2.22. The van der Waals surface area contributed by atoms with Gasteiger partial charge >= 0.3 is 5.97 Å². The Morgan fingerprint density at radius 3 is 2.57 bits per heavy atom. The van der Waals surface area contributed by atoms with Crippen LogP contribution < -0.4 is 15.4 Å². The molecule has 0 saturated carbocycles. The van der Waals surface area contributed by atoms with Gasteiger partial charge in [0.1, 0.15) is 11.5 Å². The number of carbonyl (C=O) groups excluding carboxylic acids is 1. The summed E-state index contributed by atoms with van der Waals surface area (Å²) in [5.74, 6) is 1.14. The molecule has 194 valence electrons. The van der Waals surface area contributed by atoms with Crippen molar-refractivity contribution in [1.29, 1.82) is 0 Å². The third kappa shape index (κ3) is 6.95. The Bertz CT molecular complexity index is 1350. The van der Waals surface area contributed by atoms with Crippen LogP contribution in [0.3, 0.4) is 0 Å². The third-order valence-corrected chi connectivity index (χ3v) is 6.51. The first kappa shape index (κ1) is 27.4. The maximum absolute atomic E-state index is 12.7. The fourth-order valence-electron chi connectivity index (χ4n) is 3.98. The summed E-state index contributed by atoms with van der Waals surface area (Å²) in [6, 6.07) is 17.0. The standard InChI is InChI=1S/C30H34N2O5/c1-5-30(3,4)24-19-20(2)11-14-26(24)37-18-7-6-16-32-29(36)23-13-12-21-22(28(23)35)9-8-10-25(21)31-17-15-27(33)34/h8-14,19,31,35H,5-7,16,18H2,1-4H3,(H,32,36)(H,33,34). The van der Waals surface area contributed by atoms with E-state index in [0.29, 0.717) is 29.6 Å². The van der Waals surface area contributed by atoms with Crippen molar-refractivity contribution in [1.82, 2.24) is 5.32 Å². The van der Waals surface area contributed by atoms with Gasteiger partial charge in [-0.15, -0.1) is 0 Å². The first-order chi connectivity index (χ1) is 17.6. The lowest BCUT2D eigenvalue weighted by molar-refractivity contribution is -0.130. The lowest BCUT2D eigenvalue weighted by atomic mass is 9.81. The third-order valence-electron chi connectivity index (χ3n) is 6.51. The summed E-state index contributed by atoms with van der Waals surface area (Å²) in [7, 11) is 0. The first-order valence-electron chi connectivity index (χ1n) is 12.4. The largest absolute Gasteiger partial charge is 0.506 e. The molecule has 0 saturated heterocycles. The van der Waals surface area contributed by atoms with Gasteiger partial charge in [0.15, 0.2) is 0 Å². The van der Waals surface area contributed by atoms with E-state index in [2.05, 4.69) is 56.5 Å². The summed E-state index contributed by atoms with van der Waals surface area (Å²) in [5.41, 5.74) is 3.15. The first-order valence-corrected chi connectivity index (χ1v) is 12.4. The van der Waals surface area contributed by atoms with Crippen LogP contribution in [0, 0.1) is 18.9 Å². The Balaban J connectivity index is 1.55. The van der Waals surface area contributed by atoms with E-state index in [1.54, 1.807) is 30.3 Å². The Labute approximate surface area is 217 Å². The van der Waals surface area contributed by atoms with Crippen molar-refractivity contribution in [2.75, 3.05) is 18.5 Å². The van der Waals surface area contributed by atoms with E-state index in [1.165, 1.54) is 11.1 Å². The molecule has 0 bridgehead atoms. The Hall–Kier alpha value is -4.18. The molecule has 0 aliphatic rings. The van der Waals surface area contributed by atoms with Crippen molar-refractivity contribution in [3.8, 4) is 23.5 Å². The summed E-state index contributed by atoms with van der Waals surface area (Å²) in [5, 5.41) is 26.0. The Morgan fingerprint density at radius 1 is 1.05 bits per heavy atom. The lowest BCUT2D eigenvalue weighted by Gasteiger charge is -2.26. The highest BCUT2D eigenvalue weighted by Crippen LogP contribution is 2.35. The summed E-state index contributed by atoms with van der Waals surface area (Å²) in [6.07, 6.45) is 2.52. The number of benzene rings is 3. The molecule has 3 aromatic rings. The molecule has 7 heteroatoms. The van der Waals surface area contributed by atoms with Crippen molar-refractivity contribution in [3.63, 3.8) is 0 Å². The number of hydrogen-bond acceptors (Lipinski definition) is 5. The molecular formula is C30H34N2O5. The molecule has 4 N–H and O–H groups in total. The zero-order valence-electron chi connectivity index (χ0n) is 21.8. The zero-order chi connectivity index (χ0) is 27.0. The van der Waals surface area contributed by atoms with E-state index in [9.17, 15) is 14.7 Å². The van der Waals surface area contributed by atoms with Gasteiger partial charge in [-0.25, -0.2) is 4.79 Å². The summed E-state index contributed by atoms with van der Waals surface area (Å²) in [6.45, 7) is 9.70. The van der Waals surface area contributed by atoms with Crippen LogP contribution in [-0.2, 0) is 10.2 Å². The van der Waals surface area contributed by atoms with Crippen molar-refractivity contribution >= 4 is 28.3 Å². The molecule has 0 radical (unpaired) electrons. The van der Waals surface area contributed by atoms with Gasteiger partial charge in [-0.05, 0) is 55.4 Å². The number of aromatic hydroxyl groups is 1. The molecular weight excluding hydrogens is 468 g/mol. The van der Waals surface area contributed by atoms with E-state index in [-0.39, 0.29) is 22.6 Å². The minimum absolute atomic E-state index is 0.0277. The number of aliphatic carboxylic acids is 1. The molecule has 37 heavy (non-hydrogen) atoms. The van der Waals surface area contributed by atoms with E-state index >= 15 is 0 Å². The Kier molecular flexibility index (Phi) is 9.02. The van der Waals surface area contributed by atoms with Crippen LogP contribution in [0.4, 0.5) is 5.69 Å². The van der Waals surface area contributed by atoms with Crippen LogP contribution >= 0.6 is 0 Å². The molecule has 0 aliphatic heterocycles. The van der Waals surface area contributed by atoms with E-state index in [1.807, 2.05) is 12.0 Å². The summed E-state index contributed by atoms with van der Waals surface area (Å²) < 4.78 is 6.09. The van der Waals surface area contributed by atoms with Gasteiger partial charge in [0.05, 0.1) is 17.9 Å². The van der Waals surface area contributed by atoms with Crippen molar-refractivity contribution in [2.24, 2.45) is 0 Å². The maximum atomic E-state index is 12.7. The smallest absolute Gasteiger partial charge is 0.383 e. The predicted molar refractivity (Wildman–Crippen MR) is 146 cm³/mol. The van der Waals surface area contributed by atoms with Crippen molar-refractivity contribution in [3.05, 3.63) is 65.2 Å². The maximum Gasteiger partial charge on any atom is 0.383 e. The number of nitrogens with one attached hydrogen (secondary N) is 2. The van der Waals surface area contributed by atoms with Gasteiger partial charge in [0, 0.05) is 29.3 Å². The van der Waals surface area contributed by atoms with Crippen LogP contribution in [0.1, 0.15) is 61.5 Å². The number of hydrogen-bond donors (Lipinski definition) is 4. The average molecular weight is 503 g/mol. The highest BCUT2D eigenvalue weighted by atomic mass is 16.5. The molecule has 3 aromatic carbocycles. The van der Waals surface area contributed by atoms with Crippen LogP contribution in [0.2, 0.25) is 0 Å². The number of carboxylic acid groups (broad SMARTS) is 1. The average Bonchev–Trinajstić information content (AvgIpc) is 2.87. The number of aryl methyl sites for hydroxylation is 1. The molecule has 1 amide bonds. The number of carboxylic acids is 1. The van der Waals surface area contributed by atoms with Gasteiger partial charge < -0.3 is 25.6 Å². The molecule has 0 spiro atoms. The molecule has 0 aromatic heterocycles. The highest BCUT2D eigenvalue weighted by molar-refractivity contribution is 6.06. The summed E-state index contributed by atoms with van der Waals surface area (Å²) in [4.78, 5) is 23.3. The van der Waals surface area contributed by atoms with E-state index in [4.69, 9.17) is 9.84 Å². The second kappa shape index (κ2) is 12.2. The number of anilines is 1. The number of rotatable bonds is 10. The molecule has 0 aliphatic carbocycles. The van der Waals surface area contributed by atoms with Crippen molar-refractivity contribution in [2.45, 2.75) is 52.4 Å². The molecule has 0 atom stereocenters. The number of amides is 1. The molecule has 0 fully saturated rings. The number of ether oxygens (including phenoxy) is 1. The quantitative estimate of drug-likeness (QED) is 0.164. The topological polar surface area (TPSA) is 108 Å². The Morgan fingerprint density at radius 2 is 1.84 bits per heavy atom. The van der Waals surface area contributed by atoms with Crippen LogP contribution in [-0.4, -0.2) is 35.2 Å². The molecule has 0 unspecified atom stereocenters. The lowest BCUT2D eigenvalue weighted by Crippen LogP contribution is -2.25. The SMILES string of the molecule is CCC(C)(C)c1cc(C)ccc1OCCCCNC(=O)c1ccc2c(NC#CC(=O)O)cccc2c1O. The van der Waals surface area contributed by atoms with Gasteiger partial charge in [-0.3, -0.25) is 4.79 Å². The van der Waals surface area contributed by atoms with Gasteiger partial charge in [-0.2, -0.15) is 0 Å². The minimum Gasteiger partial charge on any atom is -0.506 e. The molecule has 3 rings (SSSR count). The zero-order valence-corrected chi connectivity index (χ0v) is 21.8. The van der Waals surface area contributed by atoms with Gasteiger partial charge in [0.2, 0.25) is 0 Å². The van der Waals surface area contributed by atoms with Crippen molar-refractivity contribution < 1.29 is 24.5 Å². The monoisotopic (exact) mass is 502 g/mol. The predicted octanol–water partition coefficient (Wildman–Crippen LogP) is 5.59. The second-order valence-corrected chi connectivity index (χ2v) is 9.59. The minimum atomic E-state index is -1.25. The van der Waals surface area contributed by atoms with Gasteiger partial charge in [0.25, 0.3) is 5.91 Å². The van der Waals surface area contributed by atoms with Crippen LogP contribution in [0.15, 0.2) is 48.5 Å².